The molecular weight excluding hydrogens is 344 g/mol. The molecule has 2 N–H and O–H groups in total. The molecule has 1 aliphatic rings. The highest BCUT2D eigenvalue weighted by molar-refractivity contribution is 7.88. The lowest BCUT2D eigenvalue weighted by Crippen LogP contribution is -2.44. The summed E-state index contributed by atoms with van der Waals surface area (Å²) >= 11 is 0. The van der Waals surface area contributed by atoms with Crippen LogP contribution in [-0.2, 0) is 16.4 Å². The van der Waals surface area contributed by atoms with Crippen LogP contribution in [0.4, 0.5) is 0 Å². The van der Waals surface area contributed by atoms with Crippen molar-refractivity contribution in [1.82, 2.24) is 10.0 Å². The Morgan fingerprint density at radius 2 is 1.79 bits per heavy atom. The molecule has 1 aliphatic heterocycles. The third-order valence-electron chi connectivity index (χ3n) is 4.20. The van der Waals surface area contributed by atoms with Gasteiger partial charge in [0.15, 0.2) is 0 Å². The Morgan fingerprint density at radius 3 is 2.50 bits per heavy atom. The van der Waals surface area contributed by atoms with E-state index in [1.807, 2.05) is 18.2 Å². The first-order valence-corrected chi connectivity index (χ1v) is 9.75. The SMILES string of the molecule is CS(=O)(=O)NC1CCNC1Cc1cccc(-c2ccccc2)c1.Cl. The minimum absolute atomic E-state index is 0. The molecule has 0 saturated carbocycles. The summed E-state index contributed by atoms with van der Waals surface area (Å²) < 4.78 is 25.7. The van der Waals surface area contributed by atoms with Gasteiger partial charge in [-0.2, -0.15) is 0 Å². The van der Waals surface area contributed by atoms with Gasteiger partial charge in [-0.1, -0.05) is 54.6 Å². The van der Waals surface area contributed by atoms with Gasteiger partial charge in [0.05, 0.1) is 6.26 Å². The van der Waals surface area contributed by atoms with Crippen molar-refractivity contribution in [3.05, 3.63) is 60.2 Å². The van der Waals surface area contributed by atoms with Crippen molar-refractivity contribution in [3.63, 3.8) is 0 Å². The van der Waals surface area contributed by atoms with Gasteiger partial charge in [-0.05, 0) is 36.1 Å². The zero-order valence-electron chi connectivity index (χ0n) is 13.6. The van der Waals surface area contributed by atoms with Gasteiger partial charge in [-0.25, -0.2) is 13.1 Å². The van der Waals surface area contributed by atoms with Crippen molar-refractivity contribution in [1.29, 1.82) is 0 Å². The van der Waals surface area contributed by atoms with E-state index < -0.39 is 10.0 Å². The van der Waals surface area contributed by atoms with Crippen LogP contribution < -0.4 is 10.0 Å². The highest BCUT2D eigenvalue weighted by Gasteiger charge is 2.29. The quantitative estimate of drug-likeness (QED) is 0.855. The molecule has 2 aromatic carbocycles. The average Bonchev–Trinajstić information content (AvgIpc) is 2.93. The molecule has 6 heteroatoms. The molecule has 1 saturated heterocycles. The lowest BCUT2D eigenvalue weighted by atomic mass is 9.97. The van der Waals surface area contributed by atoms with Crippen LogP contribution in [0.5, 0.6) is 0 Å². The predicted molar refractivity (Wildman–Crippen MR) is 101 cm³/mol. The Bertz CT molecular complexity index is 766. The molecule has 130 valence electrons. The van der Waals surface area contributed by atoms with Crippen LogP contribution in [0.1, 0.15) is 12.0 Å². The van der Waals surface area contributed by atoms with Gasteiger partial charge in [-0.3, -0.25) is 0 Å². The van der Waals surface area contributed by atoms with E-state index in [0.717, 1.165) is 19.4 Å². The van der Waals surface area contributed by atoms with Crippen LogP contribution >= 0.6 is 12.4 Å². The van der Waals surface area contributed by atoms with Gasteiger partial charge in [0, 0.05) is 12.1 Å². The number of benzene rings is 2. The first-order valence-electron chi connectivity index (χ1n) is 7.86. The molecular formula is C18H23ClN2O2S. The normalized spacial score (nSPS) is 20.5. The maximum atomic E-state index is 11.5. The fourth-order valence-electron chi connectivity index (χ4n) is 3.16. The molecule has 2 aromatic rings. The van der Waals surface area contributed by atoms with Crippen molar-refractivity contribution >= 4 is 22.4 Å². The minimum Gasteiger partial charge on any atom is -0.312 e. The highest BCUT2D eigenvalue weighted by Crippen LogP contribution is 2.22. The molecule has 1 heterocycles. The summed E-state index contributed by atoms with van der Waals surface area (Å²) in [5.41, 5.74) is 3.60. The molecule has 0 radical (unpaired) electrons. The molecule has 0 aliphatic carbocycles. The molecule has 0 spiro atoms. The highest BCUT2D eigenvalue weighted by atomic mass is 35.5. The Kier molecular flexibility index (Phi) is 6.40. The van der Waals surface area contributed by atoms with E-state index in [2.05, 4.69) is 46.4 Å². The summed E-state index contributed by atoms with van der Waals surface area (Å²) in [5.74, 6) is 0. The van der Waals surface area contributed by atoms with E-state index in [-0.39, 0.29) is 24.5 Å². The first-order chi connectivity index (χ1) is 11.0. The second-order valence-electron chi connectivity index (χ2n) is 6.12. The van der Waals surface area contributed by atoms with E-state index >= 15 is 0 Å². The Balaban J connectivity index is 0.00000208. The van der Waals surface area contributed by atoms with Crippen molar-refractivity contribution in [2.75, 3.05) is 12.8 Å². The summed E-state index contributed by atoms with van der Waals surface area (Å²) in [6.45, 7) is 0.843. The maximum absolute atomic E-state index is 11.5. The van der Waals surface area contributed by atoms with Crippen molar-refractivity contribution in [2.45, 2.75) is 24.9 Å². The van der Waals surface area contributed by atoms with Crippen LogP contribution in [0.15, 0.2) is 54.6 Å². The summed E-state index contributed by atoms with van der Waals surface area (Å²) in [6, 6.07) is 18.8. The molecule has 24 heavy (non-hydrogen) atoms. The third kappa shape index (κ3) is 5.05. The second-order valence-corrected chi connectivity index (χ2v) is 7.90. The third-order valence-corrected chi connectivity index (χ3v) is 4.93. The largest absolute Gasteiger partial charge is 0.312 e. The van der Waals surface area contributed by atoms with E-state index in [4.69, 9.17) is 0 Å². The summed E-state index contributed by atoms with van der Waals surface area (Å²) in [4.78, 5) is 0. The summed E-state index contributed by atoms with van der Waals surface area (Å²) in [5, 5.41) is 3.41. The average molecular weight is 367 g/mol. The van der Waals surface area contributed by atoms with Crippen molar-refractivity contribution < 1.29 is 8.42 Å². The van der Waals surface area contributed by atoms with E-state index in [9.17, 15) is 8.42 Å². The van der Waals surface area contributed by atoms with E-state index in [0.29, 0.717) is 0 Å². The molecule has 0 aromatic heterocycles. The van der Waals surface area contributed by atoms with Crippen molar-refractivity contribution in [3.8, 4) is 11.1 Å². The minimum atomic E-state index is -3.17. The maximum Gasteiger partial charge on any atom is 0.209 e. The van der Waals surface area contributed by atoms with Crippen molar-refractivity contribution in [2.24, 2.45) is 0 Å². The van der Waals surface area contributed by atoms with Gasteiger partial charge in [-0.15, -0.1) is 12.4 Å². The number of rotatable bonds is 5. The number of halogens is 1. The fraction of sp³-hybridized carbons (Fsp3) is 0.333. The molecule has 0 bridgehead atoms. The number of hydrogen-bond acceptors (Lipinski definition) is 3. The monoisotopic (exact) mass is 366 g/mol. The Labute approximate surface area is 150 Å². The Morgan fingerprint density at radius 1 is 1.08 bits per heavy atom. The second kappa shape index (κ2) is 8.12. The smallest absolute Gasteiger partial charge is 0.209 e. The molecule has 0 amide bonds. The summed E-state index contributed by atoms with van der Waals surface area (Å²) in [7, 11) is -3.17. The Hall–Kier alpha value is -1.40. The molecule has 1 fully saturated rings. The molecule has 2 atom stereocenters. The molecule has 2 unspecified atom stereocenters. The van der Waals surface area contributed by atoms with E-state index in [1.165, 1.54) is 22.9 Å². The standard InChI is InChI=1S/C18H22N2O2S.ClH/c1-23(21,22)20-17-10-11-19-18(17)13-14-6-5-9-16(12-14)15-7-3-2-4-8-15;/h2-9,12,17-20H,10-11,13H2,1H3;1H. The van der Waals surface area contributed by atoms with Gasteiger partial charge in [0.25, 0.3) is 0 Å². The van der Waals surface area contributed by atoms with Crippen LogP contribution in [0.25, 0.3) is 11.1 Å². The van der Waals surface area contributed by atoms with Gasteiger partial charge in [0.1, 0.15) is 0 Å². The lowest BCUT2D eigenvalue weighted by Gasteiger charge is -2.20. The first kappa shape index (κ1) is 18.9. The topological polar surface area (TPSA) is 58.2 Å². The zero-order chi connectivity index (χ0) is 16.3. The van der Waals surface area contributed by atoms with Crippen LogP contribution in [0.2, 0.25) is 0 Å². The number of nitrogens with one attached hydrogen (secondary N) is 2. The van der Waals surface area contributed by atoms with Gasteiger partial charge < -0.3 is 5.32 Å². The van der Waals surface area contributed by atoms with Gasteiger partial charge in [0.2, 0.25) is 10.0 Å². The molecule has 3 rings (SSSR count). The summed E-state index contributed by atoms with van der Waals surface area (Å²) in [6.07, 6.45) is 2.86. The van der Waals surface area contributed by atoms with Gasteiger partial charge >= 0.3 is 0 Å². The number of sulfonamides is 1. The van der Waals surface area contributed by atoms with Crippen LogP contribution in [-0.4, -0.2) is 33.3 Å². The fourth-order valence-corrected chi connectivity index (χ4v) is 3.99. The van der Waals surface area contributed by atoms with Crippen LogP contribution in [0.3, 0.4) is 0 Å². The lowest BCUT2D eigenvalue weighted by molar-refractivity contribution is 0.494. The predicted octanol–water partition coefficient (Wildman–Crippen LogP) is 2.60. The number of hydrogen-bond donors (Lipinski definition) is 2. The molecule has 4 nitrogen and oxygen atoms in total. The van der Waals surface area contributed by atoms with Crippen LogP contribution in [0, 0.1) is 0 Å². The zero-order valence-corrected chi connectivity index (χ0v) is 15.2. The van der Waals surface area contributed by atoms with E-state index in [1.54, 1.807) is 0 Å².